The lowest BCUT2D eigenvalue weighted by atomic mass is 10.3. The molecule has 0 aliphatic heterocycles. The van der Waals surface area contributed by atoms with E-state index in [1.165, 1.54) is 12.0 Å². The third kappa shape index (κ3) is 6.46. The van der Waals surface area contributed by atoms with E-state index in [-0.39, 0.29) is 25.3 Å². The molecule has 2 amide bonds. The van der Waals surface area contributed by atoms with Gasteiger partial charge in [0.15, 0.2) is 0 Å². The number of aliphatic hydroxyl groups excluding tert-OH is 1. The maximum absolute atomic E-state index is 11.9. The Morgan fingerprint density at radius 3 is 2.48 bits per heavy atom. The number of carbonyl (C=O) groups excluding carboxylic acids is 1. The Bertz CT molecular complexity index is 434. The molecule has 6 heteroatoms. The molecule has 0 spiro atoms. The van der Waals surface area contributed by atoms with Gasteiger partial charge in [-0.25, -0.2) is 4.79 Å². The molecular weight excluding hydrogens is 272 g/mol. The first-order valence-electron chi connectivity index (χ1n) is 6.88. The van der Waals surface area contributed by atoms with Crippen molar-refractivity contribution in [2.24, 2.45) is 0 Å². The lowest BCUT2D eigenvalue weighted by molar-refractivity contribution is 0.0501. The van der Waals surface area contributed by atoms with E-state index in [0.29, 0.717) is 5.69 Å². The molecule has 0 aromatic heterocycles. The maximum atomic E-state index is 11.9. The van der Waals surface area contributed by atoms with Crippen LogP contribution in [-0.2, 0) is 4.74 Å². The van der Waals surface area contributed by atoms with Crippen LogP contribution < -0.4 is 10.1 Å². The number of ether oxygens (including phenoxy) is 2. The topological polar surface area (TPSA) is 71.0 Å². The molecule has 6 nitrogen and oxygen atoms in total. The Kier molecular flexibility index (Phi) is 6.98. The normalized spacial score (nSPS) is 12.1. The number of anilines is 1. The number of nitrogens with one attached hydrogen (secondary N) is 1. The molecule has 1 rings (SSSR count). The number of methoxy groups -OCH3 is 1. The summed E-state index contributed by atoms with van der Waals surface area (Å²) in [6, 6.07) is 6.86. The van der Waals surface area contributed by atoms with Crippen LogP contribution in [0.1, 0.15) is 13.8 Å². The van der Waals surface area contributed by atoms with Gasteiger partial charge in [0.25, 0.3) is 0 Å². The Morgan fingerprint density at radius 1 is 1.33 bits per heavy atom. The second-order valence-electron chi connectivity index (χ2n) is 5.11. The highest BCUT2D eigenvalue weighted by molar-refractivity contribution is 5.89. The third-order valence-corrected chi connectivity index (χ3v) is 2.67. The summed E-state index contributed by atoms with van der Waals surface area (Å²) in [4.78, 5) is 13.4. The Hall–Kier alpha value is -1.79. The first-order chi connectivity index (χ1) is 9.92. The zero-order valence-corrected chi connectivity index (χ0v) is 13.0. The van der Waals surface area contributed by atoms with E-state index < -0.39 is 6.10 Å². The zero-order valence-electron chi connectivity index (χ0n) is 13.0. The van der Waals surface area contributed by atoms with Gasteiger partial charge in [0.1, 0.15) is 5.75 Å². The average molecular weight is 296 g/mol. The van der Waals surface area contributed by atoms with Crippen LogP contribution in [0.2, 0.25) is 0 Å². The van der Waals surface area contributed by atoms with E-state index in [0.717, 1.165) is 5.75 Å². The second kappa shape index (κ2) is 8.49. The summed E-state index contributed by atoms with van der Waals surface area (Å²) in [7, 11) is 3.12. The number of hydrogen-bond donors (Lipinski definition) is 2. The molecule has 0 heterocycles. The Labute approximate surface area is 125 Å². The average Bonchev–Trinajstić information content (AvgIpc) is 2.40. The van der Waals surface area contributed by atoms with Gasteiger partial charge < -0.3 is 24.8 Å². The fraction of sp³-hybridized carbons (Fsp3) is 0.533. The van der Waals surface area contributed by atoms with E-state index >= 15 is 0 Å². The van der Waals surface area contributed by atoms with Crippen LogP contribution >= 0.6 is 0 Å². The number of aliphatic hydroxyl groups is 1. The highest BCUT2D eigenvalue weighted by Gasteiger charge is 2.13. The number of carbonyl (C=O) groups is 1. The van der Waals surface area contributed by atoms with Crippen molar-refractivity contribution < 1.29 is 19.4 Å². The Morgan fingerprint density at radius 2 is 1.95 bits per heavy atom. The van der Waals surface area contributed by atoms with Crippen molar-refractivity contribution in [1.29, 1.82) is 0 Å². The van der Waals surface area contributed by atoms with Gasteiger partial charge >= 0.3 is 6.03 Å². The molecule has 1 atom stereocenters. The van der Waals surface area contributed by atoms with E-state index in [1.54, 1.807) is 31.3 Å². The van der Waals surface area contributed by atoms with Crippen LogP contribution in [0.4, 0.5) is 10.5 Å². The number of hydrogen-bond acceptors (Lipinski definition) is 4. The fourth-order valence-electron chi connectivity index (χ4n) is 1.75. The minimum atomic E-state index is -0.701. The van der Waals surface area contributed by atoms with Crippen LogP contribution in [-0.4, -0.2) is 55.6 Å². The summed E-state index contributed by atoms with van der Waals surface area (Å²) in [5, 5.41) is 12.3. The number of rotatable bonds is 7. The van der Waals surface area contributed by atoms with Crippen LogP contribution in [0, 0.1) is 0 Å². The molecule has 1 aromatic rings. The molecule has 1 unspecified atom stereocenters. The molecule has 0 radical (unpaired) electrons. The largest absolute Gasteiger partial charge is 0.491 e. The summed E-state index contributed by atoms with van der Waals surface area (Å²) in [5.74, 6) is 0.756. The van der Waals surface area contributed by atoms with Gasteiger partial charge in [0, 0.05) is 19.8 Å². The number of urea groups is 1. The van der Waals surface area contributed by atoms with Crippen molar-refractivity contribution >= 4 is 11.7 Å². The van der Waals surface area contributed by atoms with Crippen LogP contribution in [0.15, 0.2) is 24.3 Å². The molecule has 0 bridgehead atoms. The maximum Gasteiger partial charge on any atom is 0.321 e. The lowest BCUT2D eigenvalue weighted by Gasteiger charge is -2.21. The van der Waals surface area contributed by atoms with Crippen molar-refractivity contribution in [2.45, 2.75) is 26.1 Å². The molecule has 118 valence electrons. The van der Waals surface area contributed by atoms with E-state index in [1.807, 2.05) is 13.8 Å². The number of likely N-dealkylation sites (N-methyl/N-ethyl adjacent to an activating group) is 1. The highest BCUT2D eigenvalue weighted by atomic mass is 16.5. The molecule has 0 saturated heterocycles. The third-order valence-electron chi connectivity index (χ3n) is 2.67. The predicted molar refractivity (Wildman–Crippen MR) is 81.7 cm³/mol. The molecule has 0 aliphatic carbocycles. The summed E-state index contributed by atoms with van der Waals surface area (Å²) < 4.78 is 10.4. The highest BCUT2D eigenvalue weighted by Crippen LogP contribution is 2.17. The van der Waals surface area contributed by atoms with Crippen LogP contribution in [0.5, 0.6) is 5.75 Å². The van der Waals surface area contributed by atoms with E-state index in [4.69, 9.17) is 9.47 Å². The molecule has 0 fully saturated rings. The van der Waals surface area contributed by atoms with E-state index in [9.17, 15) is 9.90 Å². The van der Waals surface area contributed by atoms with Crippen molar-refractivity contribution in [3.8, 4) is 5.75 Å². The van der Waals surface area contributed by atoms with Crippen molar-refractivity contribution in [2.75, 3.05) is 32.6 Å². The van der Waals surface area contributed by atoms with Gasteiger partial charge in [0.2, 0.25) is 0 Å². The van der Waals surface area contributed by atoms with Gasteiger partial charge in [-0.2, -0.15) is 0 Å². The number of benzene rings is 1. The number of nitrogens with zero attached hydrogens (tertiary/aromatic N) is 1. The zero-order chi connectivity index (χ0) is 15.8. The van der Waals surface area contributed by atoms with Crippen LogP contribution in [0.25, 0.3) is 0 Å². The first kappa shape index (κ1) is 17.3. The molecule has 2 N–H and O–H groups in total. The van der Waals surface area contributed by atoms with Crippen LogP contribution in [0.3, 0.4) is 0 Å². The number of amides is 2. The molecule has 0 aliphatic rings. The minimum Gasteiger partial charge on any atom is -0.491 e. The van der Waals surface area contributed by atoms with Gasteiger partial charge in [0.05, 0.1) is 25.4 Å². The van der Waals surface area contributed by atoms with Gasteiger partial charge in [-0.15, -0.1) is 0 Å². The summed E-state index contributed by atoms with van der Waals surface area (Å²) in [6.45, 7) is 4.30. The first-order valence-corrected chi connectivity index (χ1v) is 6.88. The molecule has 21 heavy (non-hydrogen) atoms. The van der Waals surface area contributed by atoms with Crippen molar-refractivity contribution in [1.82, 2.24) is 4.90 Å². The van der Waals surface area contributed by atoms with E-state index in [2.05, 4.69) is 5.32 Å². The summed E-state index contributed by atoms with van der Waals surface area (Å²) in [5.41, 5.74) is 0.671. The summed E-state index contributed by atoms with van der Waals surface area (Å²) in [6.07, 6.45) is -0.591. The van der Waals surface area contributed by atoms with Gasteiger partial charge in [-0.1, -0.05) is 0 Å². The van der Waals surface area contributed by atoms with Gasteiger partial charge in [-0.05, 0) is 38.1 Å². The monoisotopic (exact) mass is 296 g/mol. The Balaban J connectivity index is 2.50. The smallest absolute Gasteiger partial charge is 0.321 e. The molecule has 1 aromatic carbocycles. The predicted octanol–water partition coefficient (Wildman–Crippen LogP) is 1.94. The minimum absolute atomic E-state index is 0.110. The second-order valence-corrected chi connectivity index (χ2v) is 5.11. The van der Waals surface area contributed by atoms with Crippen molar-refractivity contribution in [3.63, 3.8) is 0 Å². The SMILES string of the molecule is COCC(O)CN(C)C(=O)Nc1ccc(OC(C)C)cc1. The lowest BCUT2D eigenvalue weighted by Crippen LogP contribution is -2.38. The quantitative estimate of drug-likeness (QED) is 0.806. The molecule has 0 saturated carbocycles. The molecular formula is C15H24N2O4. The van der Waals surface area contributed by atoms with Crippen molar-refractivity contribution in [3.05, 3.63) is 24.3 Å². The fourth-order valence-corrected chi connectivity index (χ4v) is 1.75. The van der Waals surface area contributed by atoms with Gasteiger partial charge in [-0.3, -0.25) is 0 Å². The summed E-state index contributed by atoms with van der Waals surface area (Å²) >= 11 is 0. The standard InChI is InChI=1S/C15H24N2O4/c1-11(2)21-14-7-5-12(6-8-14)16-15(19)17(3)9-13(18)10-20-4/h5-8,11,13,18H,9-10H2,1-4H3,(H,16,19).